The van der Waals surface area contributed by atoms with E-state index in [1.165, 1.54) is 0 Å². The first-order valence-electron chi connectivity index (χ1n) is 4.34. The zero-order chi connectivity index (χ0) is 11.8. The second-order valence-electron chi connectivity index (χ2n) is 3.16. The Morgan fingerprint density at radius 3 is 2.88 bits per heavy atom. The molecule has 0 radical (unpaired) electrons. The maximum absolute atomic E-state index is 10.8. The number of para-hydroxylation sites is 1. The average molecular weight is 306 g/mol. The predicted molar refractivity (Wildman–Crippen MR) is 61.3 cm³/mol. The van der Waals surface area contributed by atoms with Crippen molar-refractivity contribution in [2.45, 2.75) is 6.61 Å². The summed E-state index contributed by atoms with van der Waals surface area (Å²) >= 11 is 3.31. The molecule has 0 aliphatic heterocycles. The fourth-order valence-corrected chi connectivity index (χ4v) is 1.93. The van der Waals surface area contributed by atoms with Crippen LogP contribution in [0.1, 0.15) is 5.89 Å². The minimum absolute atomic E-state index is 0.194. The molecule has 0 unspecified atom stereocenters. The van der Waals surface area contributed by atoms with Crippen molar-refractivity contribution < 1.29 is 17.0 Å². The molecule has 2 aromatic rings. The van der Waals surface area contributed by atoms with Crippen LogP contribution in [0.25, 0.3) is 11.1 Å². The number of rotatable bonds is 3. The standard InChI is InChI=1S/C9H8BrNO4S/c1-16(12,13)14-5-8-11-7-4-2-3-6(10)9(7)15-8/h2-4H,5H2,1H3. The lowest BCUT2D eigenvalue weighted by Crippen LogP contribution is -2.02. The lowest BCUT2D eigenvalue weighted by molar-refractivity contribution is 0.274. The van der Waals surface area contributed by atoms with Crippen molar-refractivity contribution in [3.05, 3.63) is 28.6 Å². The number of benzene rings is 1. The monoisotopic (exact) mass is 305 g/mol. The van der Waals surface area contributed by atoms with Gasteiger partial charge in [-0.15, -0.1) is 0 Å². The lowest BCUT2D eigenvalue weighted by Gasteiger charge is -1.95. The summed E-state index contributed by atoms with van der Waals surface area (Å²) in [7, 11) is -3.48. The number of fused-ring (bicyclic) bond motifs is 1. The van der Waals surface area contributed by atoms with Gasteiger partial charge in [0.1, 0.15) is 12.1 Å². The highest BCUT2D eigenvalue weighted by Gasteiger charge is 2.10. The number of hydrogen-bond donors (Lipinski definition) is 0. The maximum Gasteiger partial charge on any atom is 0.264 e. The van der Waals surface area contributed by atoms with E-state index in [0.717, 1.165) is 10.7 Å². The third-order valence-corrected chi connectivity index (χ3v) is 2.98. The molecule has 0 saturated heterocycles. The maximum atomic E-state index is 10.8. The molecule has 0 aliphatic carbocycles. The van der Waals surface area contributed by atoms with Gasteiger partial charge in [0.2, 0.25) is 5.89 Å². The highest BCUT2D eigenvalue weighted by molar-refractivity contribution is 9.10. The second kappa shape index (κ2) is 4.15. The Hall–Kier alpha value is -0.920. The molecule has 2 rings (SSSR count). The van der Waals surface area contributed by atoms with E-state index in [2.05, 4.69) is 25.1 Å². The van der Waals surface area contributed by atoms with Crippen LogP contribution in [0.2, 0.25) is 0 Å². The Kier molecular flexibility index (Phi) is 3.00. The third kappa shape index (κ3) is 2.60. The minimum Gasteiger partial charge on any atom is -0.437 e. The van der Waals surface area contributed by atoms with E-state index >= 15 is 0 Å². The Morgan fingerprint density at radius 2 is 2.25 bits per heavy atom. The van der Waals surface area contributed by atoms with Crippen molar-refractivity contribution in [1.82, 2.24) is 4.98 Å². The number of aromatic nitrogens is 1. The Morgan fingerprint density at radius 1 is 1.50 bits per heavy atom. The highest BCUT2D eigenvalue weighted by atomic mass is 79.9. The largest absolute Gasteiger partial charge is 0.437 e. The Balaban J connectivity index is 2.30. The van der Waals surface area contributed by atoms with Gasteiger partial charge in [-0.25, -0.2) is 4.98 Å². The summed E-state index contributed by atoms with van der Waals surface area (Å²) < 4.78 is 32.3. The summed E-state index contributed by atoms with van der Waals surface area (Å²) in [4.78, 5) is 4.09. The van der Waals surface area contributed by atoms with Crippen LogP contribution in [0.3, 0.4) is 0 Å². The molecular weight excluding hydrogens is 298 g/mol. The van der Waals surface area contributed by atoms with Crippen LogP contribution in [0.4, 0.5) is 0 Å². The van der Waals surface area contributed by atoms with Gasteiger partial charge in [-0.1, -0.05) is 6.07 Å². The first-order valence-corrected chi connectivity index (χ1v) is 6.95. The number of halogens is 1. The predicted octanol–water partition coefficient (Wildman–Crippen LogP) is 2.07. The van der Waals surface area contributed by atoms with Crippen molar-refractivity contribution in [3.8, 4) is 0 Å². The molecule has 0 aliphatic rings. The second-order valence-corrected chi connectivity index (χ2v) is 5.66. The summed E-state index contributed by atoms with van der Waals surface area (Å²) in [6.07, 6.45) is 0.978. The summed E-state index contributed by atoms with van der Waals surface area (Å²) in [5.41, 5.74) is 1.23. The van der Waals surface area contributed by atoms with Gasteiger partial charge in [-0.05, 0) is 28.1 Å². The van der Waals surface area contributed by atoms with E-state index in [0.29, 0.717) is 11.1 Å². The van der Waals surface area contributed by atoms with E-state index in [1.807, 2.05) is 12.1 Å². The van der Waals surface area contributed by atoms with Crippen LogP contribution in [0.5, 0.6) is 0 Å². The van der Waals surface area contributed by atoms with Gasteiger partial charge in [0.25, 0.3) is 10.1 Å². The fraction of sp³-hybridized carbons (Fsp3) is 0.222. The molecular formula is C9H8BrNO4S. The quantitative estimate of drug-likeness (QED) is 0.812. The molecule has 0 atom stereocenters. The Labute approximate surface area is 101 Å². The molecule has 86 valence electrons. The molecule has 0 bridgehead atoms. The third-order valence-electron chi connectivity index (χ3n) is 1.81. The first-order chi connectivity index (χ1) is 7.46. The summed E-state index contributed by atoms with van der Waals surface area (Å²) in [6.45, 7) is -0.194. The lowest BCUT2D eigenvalue weighted by atomic mass is 10.3. The topological polar surface area (TPSA) is 69.4 Å². The molecule has 1 aromatic carbocycles. The van der Waals surface area contributed by atoms with Crippen molar-refractivity contribution >= 4 is 37.1 Å². The molecule has 1 aromatic heterocycles. The summed E-state index contributed by atoms with van der Waals surface area (Å²) in [5, 5.41) is 0. The molecule has 0 saturated carbocycles. The molecule has 5 nitrogen and oxygen atoms in total. The number of oxazole rings is 1. The van der Waals surface area contributed by atoms with E-state index in [-0.39, 0.29) is 12.5 Å². The van der Waals surface area contributed by atoms with E-state index < -0.39 is 10.1 Å². The van der Waals surface area contributed by atoms with Gasteiger partial charge >= 0.3 is 0 Å². The molecule has 7 heteroatoms. The molecule has 0 amide bonds. The normalized spacial score (nSPS) is 12.1. The molecule has 16 heavy (non-hydrogen) atoms. The van der Waals surface area contributed by atoms with E-state index in [1.54, 1.807) is 6.07 Å². The molecule has 0 fully saturated rings. The summed E-state index contributed by atoms with van der Waals surface area (Å²) in [6, 6.07) is 5.40. The van der Waals surface area contributed by atoms with E-state index in [4.69, 9.17) is 4.42 Å². The Bertz CT molecular complexity index is 619. The number of hydrogen-bond acceptors (Lipinski definition) is 5. The van der Waals surface area contributed by atoms with Gasteiger partial charge in [0.15, 0.2) is 5.58 Å². The minimum atomic E-state index is -3.48. The molecule has 1 heterocycles. The van der Waals surface area contributed by atoms with Gasteiger partial charge < -0.3 is 4.42 Å². The highest BCUT2D eigenvalue weighted by Crippen LogP contribution is 2.24. The number of nitrogens with zero attached hydrogens (tertiary/aromatic N) is 1. The van der Waals surface area contributed by atoms with Gasteiger partial charge in [-0.3, -0.25) is 4.18 Å². The van der Waals surface area contributed by atoms with Crippen LogP contribution in [-0.2, 0) is 20.9 Å². The van der Waals surface area contributed by atoms with E-state index in [9.17, 15) is 8.42 Å². The van der Waals surface area contributed by atoms with Crippen molar-refractivity contribution in [2.75, 3.05) is 6.26 Å². The van der Waals surface area contributed by atoms with Crippen molar-refractivity contribution in [3.63, 3.8) is 0 Å². The van der Waals surface area contributed by atoms with Crippen LogP contribution < -0.4 is 0 Å². The zero-order valence-electron chi connectivity index (χ0n) is 8.31. The zero-order valence-corrected chi connectivity index (χ0v) is 10.7. The fourth-order valence-electron chi connectivity index (χ4n) is 1.18. The summed E-state index contributed by atoms with van der Waals surface area (Å²) in [5.74, 6) is 0.229. The van der Waals surface area contributed by atoms with Gasteiger partial charge in [0, 0.05) is 0 Å². The average Bonchev–Trinajstić information content (AvgIpc) is 2.58. The first kappa shape index (κ1) is 11.6. The molecule has 0 N–H and O–H groups in total. The van der Waals surface area contributed by atoms with Crippen molar-refractivity contribution in [1.29, 1.82) is 0 Å². The van der Waals surface area contributed by atoms with Gasteiger partial charge in [0.05, 0.1) is 10.7 Å². The van der Waals surface area contributed by atoms with Crippen LogP contribution in [-0.4, -0.2) is 19.7 Å². The van der Waals surface area contributed by atoms with Crippen molar-refractivity contribution in [2.24, 2.45) is 0 Å². The van der Waals surface area contributed by atoms with Crippen LogP contribution in [0.15, 0.2) is 27.1 Å². The van der Waals surface area contributed by atoms with Crippen LogP contribution in [0, 0.1) is 0 Å². The van der Waals surface area contributed by atoms with Crippen LogP contribution >= 0.6 is 15.9 Å². The SMILES string of the molecule is CS(=O)(=O)OCc1nc2cccc(Br)c2o1. The van der Waals surface area contributed by atoms with Gasteiger partial charge in [-0.2, -0.15) is 8.42 Å². The smallest absolute Gasteiger partial charge is 0.264 e. The molecule has 0 spiro atoms.